The number of oxime groups is 1. The zero-order valence-corrected chi connectivity index (χ0v) is 30.7. The molecule has 13 heteroatoms. The average molecular weight is 736 g/mol. The Bertz CT molecular complexity index is 1630. The van der Waals surface area contributed by atoms with E-state index in [0.29, 0.717) is 42.8 Å². The van der Waals surface area contributed by atoms with E-state index >= 15 is 0 Å². The number of allylic oxidation sites excluding steroid dienone is 1. The van der Waals surface area contributed by atoms with Crippen molar-refractivity contribution in [2.45, 2.75) is 89.6 Å². The highest BCUT2D eigenvalue weighted by atomic mass is 16.7. The monoisotopic (exact) mass is 735 g/mol. The molecule has 0 spiro atoms. The van der Waals surface area contributed by atoms with Crippen LogP contribution >= 0.6 is 0 Å². The second-order valence-corrected chi connectivity index (χ2v) is 13.9. The smallest absolute Gasteiger partial charge is 0.410 e. The molecule has 0 bridgehead atoms. The lowest BCUT2D eigenvalue weighted by atomic mass is 9.55. The Balaban J connectivity index is 1.72. The number of carbonyl (C=O) groups is 1. The molecular formula is C40H53N3O10. The minimum absolute atomic E-state index is 0.0217. The summed E-state index contributed by atoms with van der Waals surface area (Å²) >= 11 is 0. The van der Waals surface area contributed by atoms with Gasteiger partial charge in [-0.2, -0.15) is 0 Å². The van der Waals surface area contributed by atoms with Crippen molar-refractivity contribution < 1.29 is 44.1 Å². The van der Waals surface area contributed by atoms with Crippen LogP contribution in [0.15, 0.2) is 71.9 Å². The Morgan fingerprint density at radius 3 is 2.51 bits per heavy atom. The van der Waals surface area contributed by atoms with Crippen molar-refractivity contribution in [3.8, 4) is 11.5 Å². The Labute approximate surface area is 311 Å². The SMILES string of the molecule is C=CCO[C@@]12Oc3ccc(O)cc3[C@H]3[C@H](CCCCO)[C@@H](CCCCO)C=C(C(=NOCc4ccc([N+](=O)[O-])cc4)C[C@@H]1N(CCC)C(=O)OCC)[C@H]32. The Morgan fingerprint density at radius 1 is 1.11 bits per heavy atom. The second-order valence-electron chi connectivity index (χ2n) is 13.9. The fourth-order valence-electron chi connectivity index (χ4n) is 8.38. The molecule has 5 rings (SSSR count). The molecule has 2 aliphatic carbocycles. The van der Waals surface area contributed by atoms with Crippen LogP contribution in [0.2, 0.25) is 0 Å². The predicted octanol–water partition coefficient (Wildman–Crippen LogP) is 7.00. The summed E-state index contributed by atoms with van der Waals surface area (Å²) in [5.74, 6) is -1.49. The van der Waals surface area contributed by atoms with Crippen molar-refractivity contribution >= 4 is 17.5 Å². The average Bonchev–Trinajstić information content (AvgIpc) is 3.15. The van der Waals surface area contributed by atoms with Gasteiger partial charge >= 0.3 is 6.09 Å². The van der Waals surface area contributed by atoms with E-state index in [4.69, 9.17) is 24.2 Å². The molecule has 1 fully saturated rings. The number of hydrogen-bond acceptors (Lipinski definition) is 11. The van der Waals surface area contributed by atoms with Gasteiger partial charge in [0.25, 0.3) is 5.69 Å². The van der Waals surface area contributed by atoms with E-state index in [1.54, 1.807) is 48.2 Å². The Hall–Kier alpha value is -4.46. The van der Waals surface area contributed by atoms with Crippen molar-refractivity contribution in [2.24, 2.45) is 22.9 Å². The molecule has 13 nitrogen and oxygen atoms in total. The lowest BCUT2D eigenvalue weighted by Crippen LogP contribution is -2.70. The van der Waals surface area contributed by atoms with E-state index in [9.17, 15) is 30.2 Å². The number of carbonyl (C=O) groups excluding carboxylic acids is 1. The predicted molar refractivity (Wildman–Crippen MR) is 199 cm³/mol. The number of phenolic OH excluding ortho intramolecular Hbond substituents is 1. The number of amides is 1. The van der Waals surface area contributed by atoms with Gasteiger partial charge in [-0.1, -0.05) is 37.1 Å². The van der Waals surface area contributed by atoms with Crippen LogP contribution in [0.25, 0.3) is 0 Å². The molecule has 0 radical (unpaired) electrons. The van der Waals surface area contributed by atoms with Gasteiger partial charge < -0.3 is 34.4 Å². The molecule has 3 N–H and O–H groups in total. The number of aliphatic hydroxyl groups excluding tert-OH is 2. The molecule has 1 heterocycles. The summed E-state index contributed by atoms with van der Waals surface area (Å²) in [7, 11) is 0. The highest BCUT2D eigenvalue weighted by Crippen LogP contribution is 2.61. The van der Waals surface area contributed by atoms with Gasteiger partial charge in [-0.15, -0.1) is 6.58 Å². The van der Waals surface area contributed by atoms with Crippen molar-refractivity contribution in [2.75, 3.05) is 33.0 Å². The van der Waals surface area contributed by atoms with Crippen molar-refractivity contribution in [1.29, 1.82) is 0 Å². The second kappa shape index (κ2) is 18.5. The number of aliphatic hydroxyl groups is 2. The molecule has 1 amide bonds. The number of hydrogen-bond donors (Lipinski definition) is 3. The molecule has 3 aliphatic rings. The van der Waals surface area contributed by atoms with Crippen molar-refractivity contribution in [3.05, 3.63) is 88.0 Å². The van der Waals surface area contributed by atoms with E-state index in [-0.39, 0.29) is 68.6 Å². The van der Waals surface area contributed by atoms with Crippen LogP contribution in [0.4, 0.5) is 10.5 Å². The molecule has 6 atom stereocenters. The standard InChI is InChI=1S/C40H53N3O10/c1-4-19-42(39(47)50-6-3)36-25-34(41-52-26-27-13-15-29(16-14-27)43(48)49)32-23-28(11-7-9-20-44)31(12-8-10-21-45)37-33-24-30(46)17-18-35(33)53-40(36,38(32)37)51-22-5-2/h5,13-18,23-24,28,31,36-38,44-46H,2,4,6-12,19-22,25-26H2,1,3H3/t28-,31+,36-,37+,38+,40+/m0/s1. The molecule has 0 unspecified atom stereocenters. The number of phenols is 1. The quantitative estimate of drug-likeness (QED) is 0.0590. The van der Waals surface area contributed by atoms with Gasteiger partial charge in [-0.05, 0) is 92.3 Å². The number of aromatic hydroxyl groups is 1. The molecular weight excluding hydrogens is 682 g/mol. The normalized spacial score (nSPS) is 25.0. The van der Waals surface area contributed by atoms with E-state index in [1.807, 2.05) is 6.92 Å². The van der Waals surface area contributed by atoms with Gasteiger partial charge in [-0.3, -0.25) is 15.0 Å². The number of non-ortho nitro benzene ring substituents is 1. The molecule has 1 aliphatic heterocycles. The number of rotatable bonds is 19. The van der Waals surface area contributed by atoms with Gasteiger partial charge in [0, 0.05) is 49.8 Å². The number of unbranched alkanes of at least 4 members (excludes halogenated alkanes) is 2. The molecule has 53 heavy (non-hydrogen) atoms. The van der Waals surface area contributed by atoms with Gasteiger partial charge in [0.05, 0.1) is 29.8 Å². The zero-order chi connectivity index (χ0) is 38.0. The first-order valence-corrected chi connectivity index (χ1v) is 18.8. The summed E-state index contributed by atoms with van der Waals surface area (Å²) in [4.78, 5) is 32.3. The highest BCUT2D eigenvalue weighted by molar-refractivity contribution is 6.03. The van der Waals surface area contributed by atoms with Crippen LogP contribution in [0.1, 0.15) is 82.3 Å². The summed E-state index contributed by atoms with van der Waals surface area (Å²) < 4.78 is 19.5. The fourth-order valence-corrected chi connectivity index (χ4v) is 8.38. The lowest BCUT2D eigenvalue weighted by molar-refractivity contribution is -0.384. The van der Waals surface area contributed by atoms with Crippen molar-refractivity contribution in [3.63, 3.8) is 0 Å². The largest absolute Gasteiger partial charge is 0.508 e. The van der Waals surface area contributed by atoms with Gasteiger partial charge in [0.1, 0.15) is 24.1 Å². The van der Waals surface area contributed by atoms with Crippen LogP contribution in [0, 0.1) is 27.9 Å². The molecule has 2 aromatic rings. The molecule has 2 aromatic carbocycles. The molecule has 1 saturated carbocycles. The third-order valence-electron chi connectivity index (χ3n) is 10.6. The first-order valence-electron chi connectivity index (χ1n) is 18.8. The summed E-state index contributed by atoms with van der Waals surface area (Å²) in [5.41, 5.74) is 2.97. The number of ether oxygens (including phenoxy) is 3. The van der Waals surface area contributed by atoms with Gasteiger partial charge in [0.2, 0.25) is 5.79 Å². The van der Waals surface area contributed by atoms with E-state index in [1.165, 1.54) is 12.1 Å². The Morgan fingerprint density at radius 2 is 1.85 bits per heavy atom. The molecule has 0 aromatic heterocycles. The maximum absolute atomic E-state index is 13.8. The van der Waals surface area contributed by atoms with Crippen LogP contribution in [0.5, 0.6) is 11.5 Å². The summed E-state index contributed by atoms with van der Waals surface area (Å²) in [6.07, 6.45) is 8.63. The maximum Gasteiger partial charge on any atom is 0.410 e. The van der Waals surface area contributed by atoms with E-state index < -0.39 is 28.8 Å². The number of nitro benzene ring substituents is 1. The maximum atomic E-state index is 13.8. The van der Waals surface area contributed by atoms with Crippen LogP contribution in [0.3, 0.4) is 0 Å². The third kappa shape index (κ3) is 8.69. The summed E-state index contributed by atoms with van der Waals surface area (Å²) in [6, 6.07) is 10.5. The van der Waals surface area contributed by atoms with E-state index in [2.05, 4.69) is 12.7 Å². The summed E-state index contributed by atoms with van der Waals surface area (Å²) in [5, 5.41) is 46.3. The lowest BCUT2D eigenvalue weighted by Gasteiger charge is -2.59. The zero-order valence-electron chi connectivity index (χ0n) is 30.7. The molecule has 0 saturated heterocycles. The molecule has 288 valence electrons. The number of fused-ring (bicyclic) bond motifs is 2. The van der Waals surface area contributed by atoms with Gasteiger partial charge in [0.15, 0.2) is 0 Å². The summed E-state index contributed by atoms with van der Waals surface area (Å²) in [6.45, 7) is 8.54. The fraction of sp³-hybridized carbons (Fsp3) is 0.550. The third-order valence-corrected chi connectivity index (χ3v) is 10.6. The number of nitro groups is 1. The first kappa shape index (κ1) is 39.7. The topological polar surface area (TPSA) is 173 Å². The van der Waals surface area contributed by atoms with Crippen LogP contribution < -0.4 is 4.74 Å². The van der Waals surface area contributed by atoms with Gasteiger partial charge in [-0.25, -0.2) is 4.79 Å². The minimum atomic E-state index is -1.42. The Kier molecular flexibility index (Phi) is 13.9. The number of nitrogens with zero attached hydrogens (tertiary/aromatic N) is 3. The first-order chi connectivity index (χ1) is 25.7. The highest BCUT2D eigenvalue weighted by Gasteiger charge is 2.65. The minimum Gasteiger partial charge on any atom is -0.508 e. The van der Waals surface area contributed by atoms with Crippen LogP contribution in [-0.4, -0.2) is 81.7 Å². The number of benzene rings is 2. The van der Waals surface area contributed by atoms with E-state index in [0.717, 1.165) is 36.8 Å². The van der Waals surface area contributed by atoms with Crippen molar-refractivity contribution in [1.82, 2.24) is 4.90 Å². The van der Waals surface area contributed by atoms with Crippen LogP contribution in [-0.2, 0) is 20.9 Å².